The fraction of sp³-hybridized carbons (Fsp3) is 0.571. The zero-order valence-corrected chi connectivity index (χ0v) is 13.2. The molecule has 5 heteroatoms. The van der Waals surface area contributed by atoms with E-state index in [1.165, 1.54) is 17.8 Å². The summed E-state index contributed by atoms with van der Waals surface area (Å²) in [6.07, 6.45) is 1.93. The van der Waals surface area contributed by atoms with Crippen LogP contribution in [0.4, 0.5) is 4.39 Å². The summed E-state index contributed by atoms with van der Waals surface area (Å²) >= 11 is 1.53. The molecule has 1 aromatic rings. The molecular formula is C14H20BFO2S. The second-order valence-electron chi connectivity index (χ2n) is 5.93. The average Bonchev–Trinajstić information content (AvgIpc) is 2.46. The van der Waals surface area contributed by atoms with Crippen molar-refractivity contribution in [1.82, 2.24) is 0 Å². The Balaban J connectivity index is 2.40. The summed E-state index contributed by atoms with van der Waals surface area (Å²) < 4.78 is 26.1. The fourth-order valence-corrected chi connectivity index (χ4v) is 2.62. The van der Waals surface area contributed by atoms with Gasteiger partial charge in [-0.15, -0.1) is 11.8 Å². The number of thioether (sulfide) groups is 1. The molecule has 1 fully saturated rings. The van der Waals surface area contributed by atoms with Gasteiger partial charge in [-0.2, -0.15) is 0 Å². The van der Waals surface area contributed by atoms with Crippen LogP contribution in [0.1, 0.15) is 33.3 Å². The molecule has 1 heterocycles. The summed E-state index contributed by atoms with van der Waals surface area (Å²) in [5.41, 5.74) is 0.475. The third-order valence-electron chi connectivity index (χ3n) is 4.03. The molecule has 2 nitrogen and oxygen atoms in total. The van der Waals surface area contributed by atoms with E-state index < -0.39 is 18.3 Å². The SMILES string of the molecule is CSc1cc(C)c(B2OC(C)(C)C(C)(C)O2)c(F)c1. The Bertz CT molecular complexity index is 463. The first-order valence-electron chi connectivity index (χ1n) is 6.37. The van der Waals surface area contributed by atoms with Crippen molar-refractivity contribution < 1.29 is 13.7 Å². The molecule has 1 saturated heterocycles. The van der Waals surface area contributed by atoms with E-state index in [1.807, 2.05) is 46.9 Å². The molecule has 0 unspecified atom stereocenters. The van der Waals surface area contributed by atoms with Gasteiger partial charge < -0.3 is 9.31 Å². The Hall–Kier alpha value is -0.515. The number of halogens is 1. The molecule has 19 heavy (non-hydrogen) atoms. The topological polar surface area (TPSA) is 18.5 Å². The van der Waals surface area contributed by atoms with Crippen LogP contribution in [0.3, 0.4) is 0 Å². The number of benzene rings is 1. The lowest BCUT2D eigenvalue weighted by atomic mass is 9.76. The smallest absolute Gasteiger partial charge is 0.399 e. The normalized spacial score (nSPS) is 20.9. The van der Waals surface area contributed by atoms with E-state index in [0.29, 0.717) is 5.46 Å². The van der Waals surface area contributed by atoms with Crippen LogP contribution in [0.2, 0.25) is 0 Å². The van der Waals surface area contributed by atoms with Gasteiger partial charge in [0.25, 0.3) is 0 Å². The summed E-state index contributed by atoms with van der Waals surface area (Å²) in [4.78, 5) is 0.912. The molecule has 1 aromatic carbocycles. The summed E-state index contributed by atoms with van der Waals surface area (Å²) in [5.74, 6) is -0.261. The third-order valence-corrected chi connectivity index (χ3v) is 4.74. The Kier molecular flexibility index (Phi) is 3.76. The molecule has 0 spiro atoms. The number of hydrogen-bond donors (Lipinski definition) is 0. The molecule has 0 aromatic heterocycles. The molecule has 104 valence electrons. The van der Waals surface area contributed by atoms with Crippen molar-refractivity contribution in [3.63, 3.8) is 0 Å². The quantitative estimate of drug-likeness (QED) is 0.613. The molecule has 0 saturated carbocycles. The van der Waals surface area contributed by atoms with Gasteiger partial charge in [0.1, 0.15) is 5.82 Å². The average molecular weight is 282 g/mol. The van der Waals surface area contributed by atoms with Crippen LogP contribution in [0, 0.1) is 12.7 Å². The summed E-state index contributed by atoms with van der Waals surface area (Å²) in [5, 5.41) is 0. The van der Waals surface area contributed by atoms with Crippen LogP contribution in [0.25, 0.3) is 0 Å². The maximum absolute atomic E-state index is 14.3. The Labute approximate surface area is 119 Å². The molecule has 0 atom stereocenters. The largest absolute Gasteiger partial charge is 0.498 e. The fourth-order valence-electron chi connectivity index (χ4n) is 2.10. The van der Waals surface area contributed by atoms with Crippen LogP contribution >= 0.6 is 11.8 Å². The molecule has 2 rings (SSSR count). The lowest BCUT2D eigenvalue weighted by Crippen LogP contribution is -2.41. The summed E-state index contributed by atoms with van der Waals surface area (Å²) in [6.45, 7) is 9.77. The van der Waals surface area contributed by atoms with Gasteiger partial charge in [0, 0.05) is 10.4 Å². The minimum atomic E-state index is -0.638. The van der Waals surface area contributed by atoms with Crippen molar-refractivity contribution in [2.75, 3.05) is 6.26 Å². The zero-order chi connectivity index (χ0) is 14.4. The monoisotopic (exact) mass is 282 g/mol. The summed E-state index contributed by atoms with van der Waals surface area (Å²) in [6, 6.07) is 3.51. The van der Waals surface area contributed by atoms with E-state index in [-0.39, 0.29) is 5.82 Å². The molecule has 0 bridgehead atoms. The van der Waals surface area contributed by atoms with Crippen molar-refractivity contribution in [1.29, 1.82) is 0 Å². The number of rotatable bonds is 2. The Morgan fingerprint density at radius 2 is 1.63 bits per heavy atom. The lowest BCUT2D eigenvalue weighted by Gasteiger charge is -2.32. The van der Waals surface area contributed by atoms with Crippen LogP contribution < -0.4 is 5.46 Å². The highest BCUT2D eigenvalue weighted by Gasteiger charge is 2.52. The highest BCUT2D eigenvalue weighted by atomic mass is 32.2. The van der Waals surface area contributed by atoms with Crippen molar-refractivity contribution >= 4 is 24.3 Å². The van der Waals surface area contributed by atoms with Gasteiger partial charge in [0.2, 0.25) is 0 Å². The van der Waals surface area contributed by atoms with E-state index in [4.69, 9.17) is 9.31 Å². The van der Waals surface area contributed by atoms with Crippen LogP contribution in [0.15, 0.2) is 17.0 Å². The first kappa shape index (κ1) is 14.9. The first-order chi connectivity index (χ1) is 8.68. The first-order valence-corrected chi connectivity index (χ1v) is 7.60. The molecular weight excluding hydrogens is 262 g/mol. The Morgan fingerprint density at radius 3 is 2.05 bits per heavy atom. The molecule has 1 aliphatic heterocycles. The van der Waals surface area contributed by atoms with E-state index in [9.17, 15) is 4.39 Å². The summed E-state index contributed by atoms with van der Waals surface area (Å²) in [7, 11) is -0.638. The molecule has 0 aliphatic carbocycles. The lowest BCUT2D eigenvalue weighted by molar-refractivity contribution is 0.00578. The van der Waals surface area contributed by atoms with Crippen molar-refractivity contribution in [3.8, 4) is 0 Å². The van der Waals surface area contributed by atoms with Gasteiger partial charge in [-0.3, -0.25) is 0 Å². The predicted octanol–water partition coefficient (Wildman–Crippen LogP) is 3.16. The van der Waals surface area contributed by atoms with Crippen molar-refractivity contribution in [2.45, 2.75) is 50.7 Å². The van der Waals surface area contributed by atoms with E-state index in [0.717, 1.165) is 10.5 Å². The standard InChI is InChI=1S/C14H20BFO2S/c1-9-7-10(19-6)8-11(16)12(9)15-17-13(2,3)14(4,5)18-15/h7-8H,1-6H3. The zero-order valence-electron chi connectivity index (χ0n) is 12.3. The van der Waals surface area contributed by atoms with Crippen LogP contribution in [0.5, 0.6) is 0 Å². The second-order valence-corrected chi connectivity index (χ2v) is 6.81. The van der Waals surface area contributed by atoms with Gasteiger partial charge in [0.15, 0.2) is 0 Å². The predicted molar refractivity (Wildman–Crippen MR) is 78.6 cm³/mol. The molecule has 1 aliphatic rings. The number of hydrogen-bond acceptors (Lipinski definition) is 3. The molecule has 0 radical (unpaired) electrons. The van der Waals surface area contributed by atoms with Crippen LogP contribution in [-0.4, -0.2) is 24.6 Å². The second kappa shape index (κ2) is 4.79. The maximum atomic E-state index is 14.3. The molecule has 0 N–H and O–H groups in total. The van der Waals surface area contributed by atoms with Gasteiger partial charge in [-0.1, -0.05) is 0 Å². The van der Waals surface area contributed by atoms with Gasteiger partial charge in [-0.25, -0.2) is 4.39 Å². The maximum Gasteiger partial charge on any atom is 0.498 e. The van der Waals surface area contributed by atoms with Gasteiger partial charge in [0.05, 0.1) is 11.2 Å². The third kappa shape index (κ3) is 2.56. The minimum Gasteiger partial charge on any atom is -0.399 e. The highest BCUT2D eigenvalue weighted by molar-refractivity contribution is 7.98. The van der Waals surface area contributed by atoms with Crippen molar-refractivity contribution in [3.05, 3.63) is 23.5 Å². The van der Waals surface area contributed by atoms with Gasteiger partial charge >= 0.3 is 7.12 Å². The Morgan fingerprint density at radius 1 is 1.11 bits per heavy atom. The van der Waals surface area contributed by atoms with E-state index in [1.54, 1.807) is 0 Å². The van der Waals surface area contributed by atoms with Gasteiger partial charge in [-0.05, 0) is 58.6 Å². The van der Waals surface area contributed by atoms with E-state index >= 15 is 0 Å². The molecule has 0 amide bonds. The van der Waals surface area contributed by atoms with Crippen LogP contribution in [-0.2, 0) is 9.31 Å². The highest BCUT2D eigenvalue weighted by Crippen LogP contribution is 2.37. The van der Waals surface area contributed by atoms with Crippen molar-refractivity contribution in [2.24, 2.45) is 0 Å². The van der Waals surface area contributed by atoms with E-state index in [2.05, 4.69) is 0 Å². The minimum absolute atomic E-state index is 0.261. The number of aryl methyl sites for hydroxylation is 1.